The van der Waals surface area contributed by atoms with Crippen LogP contribution in [0.4, 0.5) is 0 Å². The molecule has 1 rings (SSSR count). The molecule has 0 aromatic rings. The van der Waals surface area contributed by atoms with Gasteiger partial charge in [0.15, 0.2) is 83.2 Å². The Kier molecular flexibility index (Phi) is 57.1. The molecule has 0 aliphatic carbocycles. The summed E-state index contributed by atoms with van der Waals surface area (Å²) in [6, 6.07) is 0. The van der Waals surface area contributed by atoms with Crippen molar-refractivity contribution in [3.05, 3.63) is 61.4 Å². The molecule has 1 aliphatic rings. The SMILES string of the molecule is C.C.C.C.C.C.C=C[Si](C)(C)O[Si](C)(C)C.C=C[Si](C)(C)O[Si](C)(C)C=C.C=C[Si](C)(C)O[Si](C)(C)C=C.CC.C[Si](C)(C)O[Si](C)(C)C.C[Si](C)(C)O[Si](C)(C)C.C[Si]1(C)O[Si](C)(C)O[Si](C)(C)O[Si](C)(C)O1.[2H][2H].[2H][2H].[2H][V]([2H])=[S]. The molecular weight excluding hydrogens is 1230 g/mol. The second-order valence-corrected chi connectivity index (χ2v) is 83.9. The summed E-state index contributed by atoms with van der Waals surface area (Å²) in [5.41, 5.74) is 9.85. The molecule has 0 amide bonds. The summed E-state index contributed by atoms with van der Waals surface area (Å²) in [6.45, 7) is 94.6. The molecule has 1 fully saturated rings. The van der Waals surface area contributed by atoms with E-state index in [4.69, 9.17) is 44.7 Å². The first kappa shape index (κ1) is 97.3. The Hall–Kier alpha value is 2.18. The second-order valence-electron chi connectivity index (χ2n) is 26.1. The Labute approximate surface area is 519 Å². The van der Waals surface area contributed by atoms with Gasteiger partial charge in [0, 0.05) is 5.94 Å². The van der Waals surface area contributed by atoms with Gasteiger partial charge in [-0.25, -0.2) is 0 Å². The molecule has 0 aromatic carbocycles. The van der Waals surface area contributed by atoms with E-state index in [1.54, 1.807) is 0 Å². The predicted molar refractivity (Wildman–Crippen MR) is 401 cm³/mol. The fourth-order valence-electron chi connectivity index (χ4n) is 6.64. The van der Waals surface area contributed by atoms with Crippen molar-refractivity contribution in [3.63, 3.8) is 0 Å². The van der Waals surface area contributed by atoms with Crippen molar-refractivity contribution in [1.29, 1.82) is 1.76 Å². The van der Waals surface area contributed by atoms with Gasteiger partial charge in [0.05, 0.1) is 0 Å². The Morgan fingerprint density at radius 3 is 0.513 bits per heavy atom. The van der Waals surface area contributed by atoms with E-state index in [1.807, 2.05) is 42.3 Å². The summed E-state index contributed by atoms with van der Waals surface area (Å²) >= 11 is -2.10. The molecular formula is C51H150O9SSi14V. The third kappa shape index (κ3) is 85.0. The van der Waals surface area contributed by atoms with Crippen LogP contribution in [0, 0.1) is 0 Å². The molecule has 0 saturated carbocycles. The average Bonchev–Trinajstić information content (AvgIpc) is 3.11. The molecule has 0 spiro atoms. The first-order valence-electron chi connectivity index (χ1n) is 27.7. The summed E-state index contributed by atoms with van der Waals surface area (Å²) in [5.74, 6) is 0. The van der Waals surface area contributed by atoms with Crippen LogP contribution in [0.2, 0.25) is 216 Å². The molecule has 0 radical (unpaired) electrons. The Bertz CT molecular complexity index is 1400. The summed E-state index contributed by atoms with van der Waals surface area (Å²) < 4.78 is 86.7. The monoisotopic (exact) mass is 1390 g/mol. The minimum atomic E-state index is -2.11. The fourth-order valence-corrected chi connectivity index (χ4v) is 61.3. The van der Waals surface area contributed by atoms with Crippen LogP contribution in [0.25, 0.3) is 0 Å². The van der Waals surface area contributed by atoms with Crippen molar-refractivity contribution in [2.75, 3.05) is 0 Å². The molecule has 1 aliphatic heterocycles. The first-order valence-corrected chi connectivity index (χ1v) is 70.2. The van der Waals surface area contributed by atoms with Gasteiger partial charge in [-0.3, -0.25) is 0 Å². The average molecular weight is 1390 g/mol. The molecule has 25 heteroatoms. The Morgan fingerprint density at radius 1 is 0.342 bits per heavy atom. The number of rotatable bonds is 15. The third-order valence-electron chi connectivity index (χ3n) is 7.27. The van der Waals surface area contributed by atoms with Crippen molar-refractivity contribution >= 4 is 128 Å². The zero-order valence-corrected chi connectivity index (χ0v) is 69.2. The molecule has 1 heterocycles. The quantitative estimate of drug-likeness (QED) is 0.148. The summed E-state index contributed by atoms with van der Waals surface area (Å²) in [4.78, 5) is 0. The first-order chi connectivity index (χ1) is 32.9. The van der Waals surface area contributed by atoms with Crippen LogP contribution in [0.3, 0.4) is 0 Å². The Morgan fingerprint density at radius 2 is 0.447 bits per heavy atom. The maximum atomic E-state index is 6.21. The topological polar surface area (TPSA) is 83.1 Å². The van der Waals surface area contributed by atoms with Crippen molar-refractivity contribution in [2.45, 2.75) is 274 Å². The molecule has 0 atom stereocenters. The van der Waals surface area contributed by atoms with Crippen LogP contribution in [0.1, 0.15) is 64.3 Å². The van der Waals surface area contributed by atoms with E-state index in [-0.39, 0.29) is 44.6 Å². The van der Waals surface area contributed by atoms with Crippen LogP contribution in [-0.4, -0.2) is 119 Å². The molecule has 0 N–H and O–H groups in total. The van der Waals surface area contributed by atoms with E-state index in [9.17, 15) is 0 Å². The van der Waals surface area contributed by atoms with Gasteiger partial charge < -0.3 is 37.0 Å². The van der Waals surface area contributed by atoms with E-state index in [2.05, 4.69) is 259 Å². The molecule has 0 unspecified atom stereocenters. The van der Waals surface area contributed by atoms with Crippen molar-refractivity contribution in [3.8, 4) is 0 Å². The van der Waals surface area contributed by atoms with Gasteiger partial charge in [-0.1, -0.05) is 86.9 Å². The Balaban J connectivity index is -0.0000000487. The van der Waals surface area contributed by atoms with Crippen molar-refractivity contribution in [1.82, 2.24) is 0 Å². The van der Waals surface area contributed by atoms with E-state index >= 15 is 0 Å². The molecule has 76 heavy (non-hydrogen) atoms. The van der Waals surface area contributed by atoms with Crippen molar-refractivity contribution < 1.29 is 58.4 Å². The predicted octanol–water partition coefficient (Wildman–Crippen LogP) is 22.2. The molecule has 475 valence electrons. The molecule has 0 aromatic heterocycles. The number of hydrogen-bond donors (Lipinski definition) is 0. The van der Waals surface area contributed by atoms with Gasteiger partial charge in [0.25, 0.3) is 0 Å². The van der Waals surface area contributed by atoms with Gasteiger partial charge in [-0.15, -0.1) is 32.9 Å². The zero-order valence-electron chi connectivity index (χ0n) is 59.0. The molecule has 9 nitrogen and oxygen atoms in total. The van der Waals surface area contributed by atoms with Crippen LogP contribution in [-0.2, 0) is 52.5 Å². The summed E-state index contributed by atoms with van der Waals surface area (Å²) in [5, 5.41) is 0. The summed E-state index contributed by atoms with van der Waals surface area (Å²) in [6.07, 6.45) is 0. The van der Waals surface area contributed by atoms with Crippen LogP contribution in [0.15, 0.2) is 61.4 Å². The van der Waals surface area contributed by atoms with E-state index in [0.29, 0.717) is 0 Å². The van der Waals surface area contributed by atoms with Crippen LogP contribution < -0.4 is 0 Å². The van der Waals surface area contributed by atoms with Gasteiger partial charge >= 0.3 is 61.7 Å². The van der Waals surface area contributed by atoms with Crippen LogP contribution >= 0.6 is 10.3 Å². The van der Waals surface area contributed by atoms with Gasteiger partial charge in [0.2, 0.25) is 0 Å². The van der Waals surface area contributed by atoms with Crippen molar-refractivity contribution in [2.24, 2.45) is 0 Å². The third-order valence-corrected chi connectivity index (χ3v) is 50.7. The second kappa shape index (κ2) is 44.6. The van der Waals surface area contributed by atoms with Gasteiger partial charge in [0.1, 0.15) is 0 Å². The molecule has 0 bridgehead atoms. The van der Waals surface area contributed by atoms with E-state index < -0.39 is 133 Å². The van der Waals surface area contributed by atoms with Gasteiger partial charge in [-0.05, 0) is 216 Å². The van der Waals surface area contributed by atoms with Gasteiger partial charge in [-0.2, -0.15) is 0 Å². The maximum absolute atomic E-state index is 6.21. The minimum absolute atomic E-state index is 0. The standard InChI is InChI=1S/C8H24O4Si4.2C8H18OSi2.C7H18OSi2.2C6H18OSi2.C2H6.6CH4.S.V.2H2.2H/c1-13(2)9-14(3,4)11-16(7,8)12-15(5,6)10-13;2*1-7-10(3,4)9-11(5,6)8-2;1-7-10(5,6)8-9(2,3)4;2*1-8(2,3)7-9(4,5)6;1-2;;;;;;;;;;;;/h1-8H3;2*7-8H,1-2H2,3-6H3;7H,1H2,2-6H3;2*1-6H3;1-2H3;6*1H4;;;2*1H;;/i;;;;;;;;;;;;;;;2*1+1D;2*1+1. The summed E-state index contributed by atoms with van der Waals surface area (Å²) in [7, 11) is -18.4. The van der Waals surface area contributed by atoms with Crippen LogP contribution in [0.5, 0.6) is 0 Å². The fraction of sp³-hybridized carbons (Fsp3) is 0.804. The normalized spacial score (nSPS) is 16.0. The zero-order chi connectivity index (χ0) is 64.5. The van der Waals surface area contributed by atoms with E-state index in [1.165, 1.54) is 0 Å². The molecule has 1 saturated heterocycles. The number of hydrogen-bond acceptors (Lipinski definition) is 10. The van der Waals surface area contributed by atoms with E-state index in [0.717, 1.165) is 0 Å².